The largest absolute Gasteiger partial charge is 0.496 e. The summed E-state index contributed by atoms with van der Waals surface area (Å²) in [5, 5.41) is 10.8. The zero-order chi connectivity index (χ0) is 23.1. The third-order valence-corrected chi connectivity index (χ3v) is 8.61. The molecule has 13 heteroatoms. The first kappa shape index (κ1) is 24.4. The number of nitrogens with zero attached hydrogens (tertiary/aromatic N) is 3. The number of nitrogens with one attached hydrogen (secondary N) is 1. The standard InChI is InChI=1S/C19H24N4O6S3/c1-28-15-7-6-14(32(26,27)23-9-3-4-10-23)11-13(15)5-8-16(24)20-18-21-22-19(31-18)30-12-17(25)29-2/h6-7,11H,3-5,8-10,12H2,1-2H3,(H,20,21,24). The van der Waals surface area contributed by atoms with Crippen molar-refractivity contribution in [3.05, 3.63) is 23.8 Å². The number of aryl methyl sites for hydroxylation is 1. The minimum absolute atomic E-state index is 0.105. The first-order valence-electron chi connectivity index (χ1n) is 9.83. The van der Waals surface area contributed by atoms with E-state index in [0.29, 0.717) is 40.3 Å². The molecule has 3 rings (SSSR count). The van der Waals surface area contributed by atoms with Gasteiger partial charge in [-0.25, -0.2) is 8.42 Å². The molecule has 0 spiro atoms. The van der Waals surface area contributed by atoms with Gasteiger partial charge in [-0.3, -0.25) is 9.59 Å². The van der Waals surface area contributed by atoms with Crippen LogP contribution in [0.4, 0.5) is 5.13 Å². The van der Waals surface area contributed by atoms with E-state index in [1.54, 1.807) is 12.1 Å². The summed E-state index contributed by atoms with van der Waals surface area (Å²) in [6.45, 7) is 1.04. The van der Waals surface area contributed by atoms with Gasteiger partial charge in [0, 0.05) is 19.5 Å². The summed E-state index contributed by atoms with van der Waals surface area (Å²) in [6.07, 6.45) is 2.11. The fourth-order valence-electron chi connectivity index (χ4n) is 3.12. The van der Waals surface area contributed by atoms with Gasteiger partial charge < -0.3 is 14.8 Å². The molecule has 0 unspecified atom stereocenters. The molecule has 2 heterocycles. The van der Waals surface area contributed by atoms with Crippen molar-refractivity contribution >= 4 is 50.1 Å². The molecule has 1 saturated heterocycles. The Morgan fingerprint density at radius 1 is 1.22 bits per heavy atom. The van der Waals surface area contributed by atoms with Gasteiger partial charge in [-0.1, -0.05) is 23.1 Å². The Kier molecular flexibility index (Phi) is 8.45. The van der Waals surface area contributed by atoms with Crippen LogP contribution in [0.2, 0.25) is 0 Å². The van der Waals surface area contributed by atoms with Crippen molar-refractivity contribution < 1.29 is 27.5 Å². The Hall–Kier alpha value is -2.22. The van der Waals surface area contributed by atoms with Crippen LogP contribution in [-0.2, 0) is 30.8 Å². The summed E-state index contributed by atoms with van der Waals surface area (Å²) in [5.41, 5.74) is 0.634. The number of ether oxygens (including phenoxy) is 2. The number of anilines is 1. The number of hydrogen-bond donors (Lipinski definition) is 1. The summed E-state index contributed by atoms with van der Waals surface area (Å²) in [4.78, 5) is 23.8. The number of carbonyl (C=O) groups excluding carboxylic acids is 2. The van der Waals surface area contributed by atoms with Crippen LogP contribution >= 0.6 is 23.1 Å². The summed E-state index contributed by atoms with van der Waals surface area (Å²) >= 11 is 2.33. The third-order valence-electron chi connectivity index (χ3n) is 4.77. The van der Waals surface area contributed by atoms with Crippen molar-refractivity contribution in [1.29, 1.82) is 0 Å². The van der Waals surface area contributed by atoms with Gasteiger partial charge >= 0.3 is 5.97 Å². The molecule has 1 aromatic carbocycles. The molecule has 0 saturated carbocycles. The molecule has 0 aliphatic carbocycles. The quantitative estimate of drug-likeness (QED) is 0.296. The second-order valence-corrected chi connectivity index (χ2v) is 11.0. The SMILES string of the molecule is COC(=O)CSc1nnc(NC(=O)CCc2cc(S(=O)(=O)N3CCCC3)ccc2OC)s1. The highest BCUT2D eigenvalue weighted by Gasteiger charge is 2.27. The molecule has 10 nitrogen and oxygen atoms in total. The molecule has 1 aliphatic rings. The highest BCUT2D eigenvalue weighted by Crippen LogP contribution is 2.28. The molecule has 1 N–H and O–H groups in total. The lowest BCUT2D eigenvalue weighted by Crippen LogP contribution is -2.28. The van der Waals surface area contributed by atoms with E-state index in [2.05, 4.69) is 20.3 Å². The highest BCUT2D eigenvalue weighted by atomic mass is 32.2. The van der Waals surface area contributed by atoms with Gasteiger partial charge in [-0.15, -0.1) is 10.2 Å². The van der Waals surface area contributed by atoms with Crippen LogP contribution < -0.4 is 10.1 Å². The van der Waals surface area contributed by atoms with E-state index in [1.807, 2.05) is 0 Å². The highest BCUT2D eigenvalue weighted by molar-refractivity contribution is 8.01. The Morgan fingerprint density at radius 2 is 1.97 bits per heavy atom. The van der Waals surface area contributed by atoms with Crippen molar-refractivity contribution in [2.24, 2.45) is 0 Å². The number of thioether (sulfide) groups is 1. The molecule has 0 bridgehead atoms. The van der Waals surface area contributed by atoms with Gasteiger partial charge in [0.05, 0.1) is 24.9 Å². The van der Waals surface area contributed by atoms with E-state index in [-0.39, 0.29) is 28.9 Å². The van der Waals surface area contributed by atoms with Crippen LogP contribution in [0.15, 0.2) is 27.4 Å². The van der Waals surface area contributed by atoms with E-state index in [9.17, 15) is 18.0 Å². The van der Waals surface area contributed by atoms with Crippen LogP contribution in [0.25, 0.3) is 0 Å². The average Bonchev–Trinajstić information content (AvgIpc) is 3.48. The Bertz CT molecular complexity index is 1070. The molecule has 174 valence electrons. The molecule has 0 radical (unpaired) electrons. The Labute approximate surface area is 194 Å². The lowest BCUT2D eigenvalue weighted by Gasteiger charge is -2.17. The normalized spacial score (nSPS) is 14.3. The Balaban J connectivity index is 1.61. The number of aromatic nitrogens is 2. The predicted molar refractivity (Wildman–Crippen MR) is 121 cm³/mol. The summed E-state index contributed by atoms with van der Waals surface area (Å²) < 4.78 is 37.6. The van der Waals surface area contributed by atoms with E-state index in [4.69, 9.17) is 4.74 Å². The van der Waals surface area contributed by atoms with Gasteiger partial charge in [0.15, 0.2) is 4.34 Å². The van der Waals surface area contributed by atoms with E-state index in [1.165, 1.54) is 36.4 Å². The molecular formula is C19H24N4O6S3. The molecule has 1 aromatic heterocycles. The van der Waals surface area contributed by atoms with Crippen LogP contribution in [0.5, 0.6) is 5.75 Å². The van der Waals surface area contributed by atoms with E-state index in [0.717, 1.165) is 24.2 Å². The summed E-state index contributed by atoms with van der Waals surface area (Å²) in [6, 6.07) is 4.73. The maximum absolute atomic E-state index is 12.8. The number of hydrogen-bond acceptors (Lipinski definition) is 10. The van der Waals surface area contributed by atoms with Crippen LogP contribution in [0.1, 0.15) is 24.8 Å². The monoisotopic (exact) mass is 500 g/mol. The molecule has 1 fully saturated rings. The fraction of sp³-hybridized carbons (Fsp3) is 0.474. The predicted octanol–water partition coefficient (Wildman–Crippen LogP) is 2.17. The molecule has 32 heavy (non-hydrogen) atoms. The maximum atomic E-state index is 12.8. The minimum Gasteiger partial charge on any atom is -0.496 e. The minimum atomic E-state index is -3.56. The number of methoxy groups -OCH3 is 2. The number of benzene rings is 1. The number of sulfonamides is 1. The van der Waals surface area contributed by atoms with Gasteiger partial charge in [0.2, 0.25) is 21.1 Å². The zero-order valence-electron chi connectivity index (χ0n) is 17.7. The maximum Gasteiger partial charge on any atom is 0.316 e. The zero-order valence-corrected chi connectivity index (χ0v) is 20.1. The van der Waals surface area contributed by atoms with E-state index >= 15 is 0 Å². The lowest BCUT2D eigenvalue weighted by atomic mass is 10.1. The third kappa shape index (κ3) is 6.18. The number of amides is 1. The van der Waals surface area contributed by atoms with Crippen molar-refractivity contribution in [3.8, 4) is 5.75 Å². The number of rotatable bonds is 10. The first-order valence-corrected chi connectivity index (χ1v) is 13.1. The van der Waals surface area contributed by atoms with Crippen molar-refractivity contribution in [3.63, 3.8) is 0 Å². The van der Waals surface area contributed by atoms with Crippen molar-refractivity contribution in [2.75, 3.05) is 38.4 Å². The smallest absolute Gasteiger partial charge is 0.316 e. The first-order chi connectivity index (χ1) is 15.3. The topological polar surface area (TPSA) is 128 Å². The van der Waals surface area contributed by atoms with Gasteiger partial charge in [-0.2, -0.15) is 4.31 Å². The summed E-state index contributed by atoms with van der Waals surface area (Å²) in [7, 11) is -0.750. The number of carbonyl (C=O) groups is 2. The summed E-state index contributed by atoms with van der Waals surface area (Å²) in [5.74, 6) is -0.0370. The van der Waals surface area contributed by atoms with Gasteiger partial charge in [-0.05, 0) is 43.0 Å². The Morgan fingerprint density at radius 3 is 2.66 bits per heavy atom. The van der Waals surface area contributed by atoms with Gasteiger partial charge in [0.1, 0.15) is 5.75 Å². The van der Waals surface area contributed by atoms with Crippen molar-refractivity contribution in [2.45, 2.75) is 34.9 Å². The molecule has 1 aliphatic heterocycles. The second kappa shape index (κ2) is 11.1. The lowest BCUT2D eigenvalue weighted by molar-refractivity contribution is -0.137. The van der Waals surface area contributed by atoms with Crippen LogP contribution in [0, 0.1) is 0 Å². The van der Waals surface area contributed by atoms with Crippen LogP contribution in [-0.4, -0.2) is 67.9 Å². The van der Waals surface area contributed by atoms with E-state index < -0.39 is 10.0 Å². The van der Waals surface area contributed by atoms with Gasteiger partial charge in [0.25, 0.3) is 0 Å². The van der Waals surface area contributed by atoms with Crippen LogP contribution in [0.3, 0.4) is 0 Å². The second-order valence-electron chi connectivity index (χ2n) is 6.87. The molecule has 1 amide bonds. The fourth-order valence-corrected chi connectivity index (χ4v) is 6.29. The average molecular weight is 501 g/mol. The molecule has 0 atom stereocenters. The molecular weight excluding hydrogens is 476 g/mol. The molecule has 2 aromatic rings. The van der Waals surface area contributed by atoms with Crippen molar-refractivity contribution in [1.82, 2.24) is 14.5 Å². The number of esters is 1.